The average Bonchev–Trinajstić information content (AvgIpc) is 2.86. The van der Waals surface area contributed by atoms with Crippen molar-refractivity contribution in [2.45, 2.75) is 70.9 Å². The molecule has 0 bridgehead atoms. The van der Waals surface area contributed by atoms with Gasteiger partial charge in [-0.05, 0) is 82.4 Å². The highest BCUT2D eigenvalue weighted by atomic mass is 16.5. The molecule has 1 aliphatic carbocycles. The van der Waals surface area contributed by atoms with E-state index >= 15 is 0 Å². The number of ether oxygens (including phenoxy) is 1. The molecule has 3 aliphatic rings. The number of para-hydroxylation sites is 1. The van der Waals surface area contributed by atoms with Gasteiger partial charge < -0.3 is 14.7 Å². The largest absolute Gasteiger partial charge is 0.491 e. The number of pyridine rings is 1. The molecule has 0 saturated carbocycles. The molecule has 1 aromatic carbocycles. The van der Waals surface area contributed by atoms with Gasteiger partial charge in [0.15, 0.2) is 0 Å². The molecule has 2 aliphatic heterocycles. The number of benzene rings is 1. The van der Waals surface area contributed by atoms with Gasteiger partial charge >= 0.3 is 5.97 Å². The zero-order chi connectivity index (χ0) is 25.9. The summed E-state index contributed by atoms with van der Waals surface area (Å²) in [6, 6.07) is 11.0. The highest BCUT2D eigenvalue weighted by Crippen LogP contribution is 2.36. The minimum atomic E-state index is -0.915. The number of rotatable bonds is 8. The van der Waals surface area contributed by atoms with Crippen molar-refractivity contribution >= 4 is 11.9 Å². The number of hydrogen-bond donors (Lipinski definition) is 1. The van der Waals surface area contributed by atoms with E-state index in [1.165, 1.54) is 29.8 Å². The fourth-order valence-electron chi connectivity index (χ4n) is 6.09. The van der Waals surface area contributed by atoms with Gasteiger partial charge in [0, 0.05) is 43.1 Å². The molecule has 2 saturated heterocycles. The molecule has 1 unspecified atom stereocenters. The Balaban J connectivity index is 1.13. The quantitative estimate of drug-likeness (QED) is 0.577. The molecule has 0 radical (unpaired) electrons. The average molecular weight is 506 g/mol. The maximum Gasteiger partial charge on any atom is 0.325 e. The van der Waals surface area contributed by atoms with Crippen LogP contribution in [0.25, 0.3) is 0 Å². The van der Waals surface area contributed by atoms with Crippen LogP contribution in [0.5, 0.6) is 5.75 Å². The van der Waals surface area contributed by atoms with Gasteiger partial charge in [0.1, 0.15) is 11.8 Å². The molecule has 1 amide bonds. The van der Waals surface area contributed by atoms with Gasteiger partial charge in [-0.1, -0.05) is 24.3 Å². The number of aliphatic carboxylic acids is 1. The molecule has 1 N–H and O–H groups in total. The van der Waals surface area contributed by atoms with E-state index in [2.05, 4.69) is 12.1 Å². The summed E-state index contributed by atoms with van der Waals surface area (Å²) in [5.74, 6) is 0.263. The van der Waals surface area contributed by atoms with Crippen LogP contribution in [-0.2, 0) is 28.9 Å². The van der Waals surface area contributed by atoms with Crippen molar-refractivity contribution in [3.05, 3.63) is 58.9 Å². The Hall–Kier alpha value is -2.93. The number of aryl methyl sites for hydroxylation is 2. The summed E-state index contributed by atoms with van der Waals surface area (Å²) in [6.45, 7) is 6.33. The molecule has 1 atom stereocenters. The van der Waals surface area contributed by atoms with E-state index < -0.39 is 12.0 Å². The number of piperidine rings is 1. The highest BCUT2D eigenvalue weighted by Gasteiger charge is 2.43. The van der Waals surface area contributed by atoms with E-state index in [1.54, 1.807) is 0 Å². The Kier molecular flexibility index (Phi) is 7.79. The summed E-state index contributed by atoms with van der Waals surface area (Å²) in [7, 11) is 0. The van der Waals surface area contributed by atoms with Crippen LogP contribution in [0.2, 0.25) is 0 Å². The highest BCUT2D eigenvalue weighted by molar-refractivity contribution is 5.82. The van der Waals surface area contributed by atoms with Gasteiger partial charge in [-0.25, -0.2) is 0 Å². The van der Waals surface area contributed by atoms with Crippen LogP contribution < -0.4 is 4.74 Å². The third kappa shape index (κ3) is 5.82. The van der Waals surface area contributed by atoms with Gasteiger partial charge in [-0.3, -0.25) is 19.5 Å². The molecule has 7 nitrogen and oxygen atoms in total. The van der Waals surface area contributed by atoms with Crippen molar-refractivity contribution < 1.29 is 19.4 Å². The molecule has 198 valence electrons. The van der Waals surface area contributed by atoms with Crippen LogP contribution >= 0.6 is 0 Å². The van der Waals surface area contributed by atoms with Crippen LogP contribution in [0, 0.1) is 11.8 Å². The zero-order valence-corrected chi connectivity index (χ0v) is 22.1. The maximum absolute atomic E-state index is 13.2. The van der Waals surface area contributed by atoms with Crippen molar-refractivity contribution in [2.75, 3.05) is 26.2 Å². The van der Waals surface area contributed by atoms with Crippen LogP contribution in [-0.4, -0.2) is 64.0 Å². The van der Waals surface area contributed by atoms with Gasteiger partial charge in [-0.15, -0.1) is 0 Å². The van der Waals surface area contributed by atoms with Crippen LogP contribution in [0.15, 0.2) is 36.4 Å². The molecule has 2 fully saturated rings. The minimum Gasteiger partial charge on any atom is -0.491 e. The molecular weight excluding hydrogens is 466 g/mol. The van der Waals surface area contributed by atoms with Crippen LogP contribution in [0.3, 0.4) is 0 Å². The van der Waals surface area contributed by atoms with E-state index in [0.717, 1.165) is 45.2 Å². The topological polar surface area (TPSA) is 83.0 Å². The molecule has 1 aromatic heterocycles. The molecule has 3 heterocycles. The lowest BCUT2D eigenvalue weighted by Crippen LogP contribution is -2.57. The Bertz CT molecular complexity index is 1120. The van der Waals surface area contributed by atoms with Crippen LogP contribution in [0.4, 0.5) is 0 Å². The normalized spacial score (nSPS) is 19.8. The Morgan fingerprint density at radius 2 is 1.78 bits per heavy atom. The Morgan fingerprint density at radius 1 is 1.05 bits per heavy atom. The van der Waals surface area contributed by atoms with Crippen molar-refractivity contribution in [3.63, 3.8) is 0 Å². The second-order valence-corrected chi connectivity index (χ2v) is 11.2. The first-order chi connectivity index (χ1) is 17.9. The molecule has 0 spiro atoms. The number of nitrogens with zero attached hydrogens (tertiary/aromatic N) is 3. The first-order valence-corrected chi connectivity index (χ1v) is 13.9. The zero-order valence-electron chi connectivity index (χ0n) is 22.1. The molecule has 5 rings (SSSR count). The molecule has 37 heavy (non-hydrogen) atoms. The molecule has 2 aromatic rings. The number of carboxylic acids is 1. The second-order valence-electron chi connectivity index (χ2n) is 11.2. The monoisotopic (exact) mass is 505 g/mol. The van der Waals surface area contributed by atoms with Gasteiger partial charge in [0.25, 0.3) is 0 Å². The van der Waals surface area contributed by atoms with Gasteiger partial charge in [0.2, 0.25) is 5.91 Å². The summed E-state index contributed by atoms with van der Waals surface area (Å²) in [5, 5.41) is 10.0. The number of fused-ring (bicyclic) bond motifs is 1. The second kappa shape index (κ2) is 11.2. The number of carbonyl (C=O) groups excluding carboxylic acids is 1. The smallest absolute Gasteiger partial charge is 0.325 e. The lowest BCUT2D eigenvalue weighted by Gasteiger charge is -2.44. The number of likely N-dealkylation sites (tertiary alicyclic amines) is 2. The third-order valence-electron chi connectivity index (χ3n) is 8.09. The number of carbonyl (C=O) groups is 2. The molecule has 7 heteroatoms. The van der Waals surface area contributed by atoms with Crippen molar-refractivity contribution in [1.29, 1.82) is 0 Å². The van der Waals surface area contributed by atoms with E-state index in [-0.39, 0.29) is 17.9 Å². The predicted octanol–water partition coefficient (Wildman–Crippen LogP) is 4.29. The van der Waals surface area contributed by atoms with Crippen molar-refractivity contribution in [1.82, 2.24) is 14.8 Å². The van der Waals surface area contributed by atoms with Gasteiger partial charge in [0.05, 0.1) is 12.0 Å². The van der Waals surface area contributed by atoms with Crippen molar-refractivity contribution in [2.24, 2.45) is 11.8 Å². The number of amides is 1. The van der Waals surface area contributed by atoms with E-state index in [9.17, 15) is 14.7 Å². The van der Waals surface area contributed by atoms with Gasteiger partial charge in [-0.2, -0.15) is 0 Å². The Labute approximate surface area is 219 Å². The van der Waals surface area contributed by atoms with Crippen molar-refractivity contribution in [3.8, 4) is 5.75 Å². The van der Waals surface area contributed by atoms with E-state index in [0.29, 0.717) is 30.3 Å². The number of hydrogen-bond acceptors (Lipinski definition) is 5. The first kappa shape index (κ1) is 25.7. The minimum absolute atomic E-state index is 0.0488. The lowest BCUT2D eigenvalue weighted by molar-refractivity contribution is -0.153. The molecular formula is C30H39N3O4. The van der Waals surface area contributed by atoms with Crippen LogP contribution in [0.1, 0.15) is 68.1 Å². The summed E-state index contributed by atoms with van der Waals surface area (Å²) in [6.07, 6.45) is 7.72. The van der Waals surface area contributed by atoms with E-state index in [4.69, 9.17) is 9.72 Å². The lowest BCUT2D eigenvalue weighted by atomic mass is 9.88. The predicted molar refractivity (Wildman–Crippen MR) is 142 cm³/mol. The maximum atomic E-state index is 13.2. The third-order valence-corrected chi connectivity index (χ3v) is 8.09. The number of aromatic nitrogens is 1. The standard InChI is InChI=1S/C30H39N3O4/c1-20(2)37-27-10-6-4-8-25(27)28(30(35)36)33-18-23(19-33)29(34)32-15-13-21(14-16-32)17-24-12-11-22-7-3-5-9-26(22)31-24/h4,6,8,10-12,20-21,23,28H,3,5,7,9,13-19H2,1-2H3,(H,35,36). The van der Waals surface area contributed by atoms with E-state index in [1.807, 2.05) is 47.9 Å². The number of carboxylic acid groups (broad SMARTS) is 1. The summed E-state index contributed by atoms with van der Waals surface area (Å²) < 4.78 is 5.87. The summed E-state index contributed by atoms with van der Waals surface area (Å²) in [4.78, 5) is 34.2. The Morgan fingerprint density at radius 3 is 2.51 bits per heavy atom. The first-order valence-electron chi connectivity index (χ1n) is 13.9. The SMILES string of the molecule is CC(C)Oc1ccccc1C(C(=O)O)N1CC(C(=O)N2CCC(Cc3ccc4c(n3)CCCC4)CC2)C1. The fraction of sp³-hybridized carbons (Fsp3) is 0.567. The summed E-state index contributed by atoms with van der Waals surface area (Å²) in [5.41, 5.74) is 4.56. The summed E-state index contributed by atoms with van der Waals surface area (Å²) >= 11 is 0. The fourth-order valence-corrected chi connectivity index (χ4v) is 6.09.